The summed E-state index contributed by atoms with van der Waals surface area (Å²) in [7, 11) is 0. The van der Waals surface area contributed by atoms with Crippen LogP contribution in [-0.2, 0) is 6.42 Å². The lowest BCUT2D eigenvalue weighted by Crippen LogP contribution is -2.16. The number of hydrogen-bond donors (Lipinski definition) is 2. The van der Waals surface area contributed by atoms with E-state index < -0.39 is 0 Å². The third kappa shape index (κ3) is 2.55. The van der Waals surface area contributed by atoms with E-state index >= 15 is 0 Å². The summed E-state index contributed by atoms with van der Waals surface area (Å²) in [5.41, 5.74) is 7.03. The molecule has 0 fully saturated rings. The molecule has 1 heterocycles. The quantitative estimate of drug-likeness (QED) is 0.812. The summed E-state index contributed by atoms with van der Waals surface area (Å²) in [5, 5.41) is 9.15. The van der Waals surface area contributed by atoms with Crippen LogP contribution in [0.1, 0.15) is 17.4 Å². The third-order valence-corrected chi connectivity index (χ3v) is 2.31. The largest absolute Gasteiger partial charge is 0.508 e. The van der Waals surface area contributed by atoms with Gasteiger partial charge in [-0.1, -0.05) is 12.1 Å². The molecule has 82 valence electrons. The van der Waals surface area contributed by atoms with Crippen LogP contribution in [-0.4, -0.2) is 15.1 Å². The molecule has 2 aromatic rings. The summed E-state index contributed by atoms with van der Waals surface area (Å²) in [4.78, 5) is 8.21. The Morgan fingerprint density at radius 3 is 2.38 bits per heavy atom. The van der Waals surface area contributed by atoms with E-state index in [0.717, 1.165) is 5.56 Å². The van der Waals surface area contributed by atoms with E-state index in [2.05, 4.69) is 9.97 Å². The van der Waals surface area contributed by atoms with Crippen LogP contribution in [0.3, 0.4) is 0 Å². The summed E-state index contributed by atoms with van der Waals surface area (Å²) in [5.74, 6) is 0.892. The van der Waals surface area contributed by atoms with Crippen molar-refractivity contribution in [3.8, 4) is 5.75 Å². The standard InChI is InChI=1S/C12H13N3O/c13-11(12-14-6-1-7-15-12)8-9-2-4-10(16)5-3-9/h1-7,11,16H,8,13H2/t11-/m0/s1. The van der Waals surface area contributed by atoms with Gasteiger partial charge in [-0.2, -0.15) is 0 Å². The van der Waals surface area contributed by atoms with Crippen LogP contribution in [0, 0.1) is 0 Å². The zero-order chi connectivity index (χ0) is 11.4. The van der Waals surface area contributed by atoms with Crippen molar-refractivity contribution in [3.63, 3.8) is 0 Å². The van der Waals surface area contributed by atoms with E-state index in [1.54, 1.807) is 30.6 Å². The molecule has 4 nitrogen and oxygen atoms in total. The Balaban J connectivity index is 2.08. The number of aromatic nitrogens is 2. The molecule has 1 aromatic heterocycles. The maximum atomic E-state index is 9.15. The molecule has 0 aliphatic carbocycles. The molecule has 0 aliphatic rings. The Hall–Kier alpha value is -1.94. The van der Waals surface area contributed by atoms with Crippen LogP contribution < -0.4 is 5.73 Å². The summed E-state index contributed by atoms with van der Waals surface area (Å²) < 4.78 is 0. The van der Waals surface area contributed by atoms with Gasteiger partial charge in [-0.15, -0.1) is 0 Å². The lowest BCUT2D eigenvalue weighted by Gasteiger charge is -2.09. The van der Waals surface area contributed by atoms with E-state index in [1.807, 2.05) is 12.1 Å². The highest BCUT2D eigenvalue weighted by atomic mass is 16.3. The van der Waals surface area contributed by atoms with Crippen molar-refractivity contribution < 1.29 is 5.11 Å². The molecule has 1 atom stereocenters. The highest BCUT2D eigenvalue weighted by molar-refractivity contribution is 5.26. The smallest absolute Gasteiger partial charge is 0.145 e. The van der Waals surface area contributed by atoms with Gasteiger partial charge in [-0.05, 0) is 30.2 Å². The first-order chi connectivity index (χ1) is 7.75. The monoisotopic (exact) mass is 215 g/mol. The van der Waals surface area contributed by atoms with Crippen molar-refractivity contribution in [2.45, 2.75) is 12.5 Å². The molecule has 0 amide bonds. The average molecular weight is 215 g/mol. The predicted molar refractivity (Wildman–Crippen MR) is 60.8 cm³/mol. The second kappa shape index (κ2) is 4.72. The fourth-order valence-electron chi connectivity index (χ4n) is 1.48. The lowest BCUT2D eigenvalue weighted by molar-refractivity contribution is 0.475. The second-order valence-corrected chi connectivity index (χ2v) is 3.58. The van der Waals surface area contributed by atoms with E-state index in [4.69, 9.17) is 10.8 Å². The van der Waals surface area contributed by atoms with Gasteiger partial charge in [0.25, 0.3) is 0 Å². The van der Waals surface area contributed by atoms with Crippen molar-refractivity contribution >= 4 is 0 Å². The highest BCUT2D eigenvalue weighted by Gasteiger charge is 2.09. The number of phenols is 1. The zero-order valence-electron chi connectivity index (χ0n) is 8.74. The number of nitrogens with two attached hydrogens (primary N) is 1. The molecule has 0 radical (unpaired) electrons. The topological polar surface area (TPSA) is 72.0 Å². The second-order valence-electron chi connectivity index (χ2n) is 3.58. The summed E-state index contributed by atoms with van der Waals surface area (Å²) in [6, 6.07) is 8.53. The summed E-state index contributed by atoms with van der Waals surface area (Å²) >= 11 is 0. The summed E-state index contributed by atoms with van der Waals surface area (Å²) in [6.07, 6.45) is 4.02. The van der Waals surface area contributed by atoms with Gasteiger partial charge >= 0.3 is 0 Å². The molecule has 0 spiro atoms. The molecule has 4 heteroatoms. The Morgan fingerprint density at radius 2 is 1.75 bits per heavy atom. The minimum Gasteiger partial charge on any atom is -0.508 e. The first-order valence-electron chi connectivity index (χ1n) is 5.06. The van der Waals surface area contributed by atoms with Crippen molar-refractivity contribution in [1.82, 2.24) is 9.97 Å². The summed E-state index contributed by atoms with van der Waals surface area (Å²) in [6.45, 7) is 0. The number of benzene rings is 1. The van der Waals surface area contributed by atoms with Crippen LogP contribution in [0.5, 0.6) is 5.75 Å². The molecule has 0 aliphatic heterocycles. The number of hydrogen-bond acceptors (Lipinski definition) is 4. The van der Waals surface area contributed by atoms with Crippen LogP contribution in [0.15, 0.2) is 42.7 Å². The van der Waals surface area contributed by atoms with Gasteiger partial charge in [0.1, 0.15) is 11.6 Å². The van der Waals surface area contributed by atoms with E-state index in [1.165, 1.54) is 0 Å². The minimum atomic E-state index is -0.217. The van der Waals surface area contributed by atoms with Gasteiger partial charge in [0, 0.05) is 12.4 Å². The molecule has 0 bridgehead atoms. The Labute approximate surface area is 93.8 Å². The molecular formula is C12H13N3O. The third-order valence-electron chi connectivity index (χ3n) is 2.31. The Morgan fingerprint density at radius 1 is 1.12 bits per heavy atom. The van der Waals surface area contributed by atoms with Gasteiger partial charge < -0.3 is 10.8 Å². The van der Waals surface area contributed by atoms with Gasteiger partial charge in [-0.3, -0.25) is 0 Å². The molecule has 0 saturated heterocycles. The van der Waals surface area contributed by atoms with E-state index in [9.17, 15) is 0 Å². The molecule has 3 N–H and O–H groups in total. The zero-order valence-corrected chi connectivity index (χ0v) is 8.74. The molecule has 16 heavy (non-hydrogen) atoms. The molecule has 2 rings (SSSR count). The van der Waals surface area contributed by atoms with Crippen molar-refractivity contribution in [3.05, 3.63) is 54.1 Å². The molecule has 0 saturated carbocycles. The molecule has 1 aromatic carbocycles. The predicted octanol–water partition coefficient (Wildman–Crippen LogP) is 1.42. The van der Waals surface area contributed by atoms with Crippen LogP contribution >= 0.6 is 0 Å². The Kier molecular flexibility index (Phi) is 3.12. The van der Waals surface area contributed by atoms with Gasteiger partial charge in [0.15, 0.2) is 0 Å². The van der Waals surface area contributed by atoms with Crippen LogP contribution in [0.25, 0.3) is 0 Å². The fraction of sp³-hybridized carbons (Fsp3) is 0.167. The number of phenolic OH excluding ortho intramolecular Hbond substituents is 1. The van der Waals surface area contributed by atoms with Crippen LogP contribution in [0.4, 0.5) is 0 Å². The Bertz CT molecular complexity index is 442. The number of aromatic hydroxyl groups is 1. The van der Waals surface area contributed by atoms with Crippen molar-refractivity contribution in [1.29, 1.82) is 0 Å². The number of nitrogens with zero attached hydrogens (tertiary/aromatic N) is 2. The molecular weight excluding hydrogens is 202 g/mol. The van der Waals surface area contributed by atoms with E-state index in [-0.39, 0.29) is 11.8 Å². The van der Waals surface area contributed by atoms with Crippen molar-refractivity contribution in [2.75, 3.05) is 0 Å². The first kappa shape index (κ1) is 10.6. The normalized spacial score (nSPS) is 12.3. The number of rotatable bonds is 3. The van der Waals surface area contributed by atoms with Crippen LogP contribution in [0.2, 0.25) is 0 Å². The van der Waals surface area contributed by atoms with Gasteiger partial charge in [-0.25, -0.2) is 9.97 Å². The van der Waals surface area contributed by atoms with Gasteiger partial charge in [0.2, 0.25) is 0 Å². The average Bonchev–Trinajstić information content (AvgIpc) is 2.33. The molecule has 0 unspecified atom stereocenters. The maximum absolute atomic E-state index is 9.15. The van der Waals surface area contributed by atoms with Gasteiger partial charge in [0.05, 0.1) is 6.04 Å². The van der Waals surface area contributed by atoms with Crippen molar-refractivity contribution in [2.24, 2.45) is 5.73 Å². The fourth-order valence-corrected chi connectivity index (χ4v) is 1.48. The highest BCUT2D eigenvalue weighted by Crippen LogP contribution is 2.15. The minimum absolute atomic E-state index is 0.217. The maximum Gasteiger partial charge on any atom is 0.145 e. The lowest BCUT2D eigenvalue weighted by atomic mass is 10.1. The van der Waals surface area contributed by atoms with E-state index in [0.29, 0.717) is 12.2 Å². The first-order valence-corrected chi connectivity index (χ1v) is 5.06. The SMILES string of the molecule is N[C@@H](Cc1ccc(O)cc1)c1ncccn1.